The van der Waals surface area contributed by atoms with Crippen molar-refractivity contribution in [3.8, 4) is 0 Å². The third-order valence-corrected chi connectivity index (χ3v) is 6.38. The van der Waals surface area contributed by atoms with Crippen LogP contribution in [0.15, 0.2) is 24.3 Å². The Morgan fingerprint density at radius 1 is 1.05 bits per heavy atom. The van der Waals surface area contributed by atoms with E-state index in [1.807, 2.05) is 0 Å². The van der Waals surface area contributed by atoms with Crippen LogP contribution in [0.5, 0.6) is 0 Å². The lowest BCUT2D eigenvalue weighted by molar-refractivity contribution is 0.219. The van der Waals surface area contributed by atoms with E-state index in [1.165, 1.54) is 63.4 Å². The molecule has 0 amide bonds. The summed E-state index contributed by atoms with van der Waals surface area (Å²) in [6, 6.07) is 9.51. The van der Waals surface area contributed by atoms with Gasteiger partial charge in [0, 0.05) is 12.0 Å². The molecule has 1 nitrogen and oxygen atoms in total. The first kappa shape index (κ1) is 16.1. The van der Waals surface area contributed by atoms with Crippen LogP contribution in [0.25, 0.3) is 0 Å². The summed E-state index contributed by atoms with van der Waals surface area (Å²) in [7, 11) is 0. The summed E-state index contributed by atoms with van der Waals surface area (Å²) in [6.07, 6.45) is 12.1. The molecule has 0 heterocycles. The molecular weight excluding hydrogens is 266 g/mol. The summed E-state index contributed by atoms with van der Waals surface area (Å²) < 4.78 is 0. The van der Waals surface area contributed by atoms with E-state index < -0.39 is 0 Å². The third kappa shape index (κ3) is 3.25. The Hall–Kier alpha value is -0.820. The largest absolute Gasteiger partial charge is 0.330 e. The molecule has 1 aromatic rings. The van der Waals surface area contributed by atoms with Crippen molar-refractivity contribution in [2.75, 3.05) is 6.54 Å². The molecule has 22 heavy (non-hydrogen) atoms. The molecule has 2 aliphatic rings. The summed E-state index contributed by atoms with van der Waals surface area (Å²) in [6.45, 7) is 5.68. The molecule has 2 aliphatic carbocycles. The molecule has 2 fully saturated rings. The fourth-order valence-corrected chi connectivity index (χ4v) is 4.94. The summed E-state index contributed by atoms with van der Waals surface area (Å²) in [4.78, 5) is 0. The Morgan fingerprint density at radius 3 is 2.50 bits per heavy atom. The van der Waals surface area contributed by atoms with Crippen LogP contribution in [0.2, 0.25) is 0 Å². The van der Waals surface area contributed by atoms with Gasteiger partial charge in [-0.1, -0.05) is 63.8 Å². The number of benzene rings is 1. The highest BCUT2D eigenvalue weighted by atomic mass is 14.6. The normalized spacial score (nSPS) is 27.5. The lowest BCUT2D eigenvalue weighted by Gasteiger charge is -2.38. The molecule has 1 heteroatoms. The van der Waals surface area contributed by atoms with Crippen LogP contribution in [0.4, 0.5) is 0 Å². The van der Waals surface area contributed by atoms with Gasteiger partial charge >= 0.3 is 0 Å². The molecule has 2 N–H and O–H groups in total. The second kappa shape index (κ2) is 6.35. The molecule has 0 radical (unpaired) electrons. The summed E-state index contributed by atoms with van der Waals surface area (Å²) in [5.74, 6) is 0.752. The second-order valence-electron chi connectivity index (χ2n) is 8.63. The first-order valence-corrected chi connectivity index (χ1v) is 9.35. The molecule has 0 bridgehead atoms. The van der Waals surface area contributed by atoms with Gasteiger partial charge in [0.25, 0.3) is 0 Å². The molecule has 3 rings (SSSR count). The van der Waals surface area contributed by atoms with Crippen LogP contribution in [-0.4, -0.2) is 6.54 Å². The van der Waals surface area contributed by atoms with Gasteiger partial charge in [-0.25, -0.2) is 0 Å². The Morgan fingerprint density at radius 2 is 1.82 bits per heavy atom. The first-order chi connectivity index (χ1) is 10.5. The van der Waals surface area contributed by atoms with Crippen molar-refractivity contribution >= 4 is 0 Å². The summed E-state index contributed by atoms with van der Waals surface area (Å²) in [5.41, 5.74) is 10.1. The average Bonchev–Trinajstić information content (AvgIpc) is 2.55. The SMILES string of the molecule is CC1(C)CCCC(c2cccc(C3(CN)CCCCC3)c2)C1. The van der Waals surface area contributed by atoms with E-state index in [9.17, 15) is 0 Å². The number of hydrogen-bond acceptors (Lipinski definition) is 1. The number of nitrogens with two attached hydrogens (primary N) is 1. The zero-order valence-corrected chi connectivity index (χ0v) is 14.5. The van der Waals surface area contributed by atoms with Crippen LogP contribution in [-0.2, 0) is 5.41 Å². The molecule has 122 valence electrons. The van der Waals surface area contributed by atoms with Crippen molar-refractivity contribution in [3.63, 3.8) is 0 Å². The summed E-state index contributed by atoms with van der Waals surface area (Å²) >= 11 is 0. The van der Waals surface area contributed by atoms with Crippen molar-refractivity contribution in [2.24, 2.45) is 11.1 Å². The van der Waals surface area contributed by atoms with Gasteiger partial charge in [0.1, 0.15) is 0 Å². The van der Waals surface area contributed by atoms with Crippen molar-refractivity contribution in [1.29, 1.82) is 0 Å². The van der Waals surface area contributed by atoms with Gasteiger partial charge in [0.05, 0.1) is 0 Å². The maximum absolute atomic E-state index is 6.24. The van der Waals surface area contributed by atoms with Gasteiger partial charge in [0.2, 0.25) is 0 Å². The van der Waals surface area contributed by atoms with E-state index in [4.69, 9.17) is 5.73 Å². The molecule has 0 saturated heterocycles. The maximum Gasteiger partial charge on any atom is 0.00756 e. The Bertz CT molecular complexity index is 496. The minimum atomic E-state index is 0.262. The molecule has 1 atom stereocenters. The smallest absolute Gasteiger partial charge is 0.00756 e. The quantitative estimate of drug-likeness (QED) is 0.780. The van der Waals surface area contributed by atoms with Crippen LogP contribution in [0, 0.1) is 5.41 Å². The Balaban J connectivity index is 1.86. The van der Waals surface area contributed by atoms with Crippen LogP contribution < -0.4 is 5.73 Å². The number of hydrogen-bond donors (Lipinski definition) is 1. The first-order valence-electron chi connectivity index (χ1n) is 9.35. The maximum atomic E-state index is 6.24. The van der Waals surface area contributed by atoms with E-state index in [1.54, 1.807) is 5.56 Å². The van der Waals surface area contributed by atoms with Gasteiger partial charge in [-0.3, -0.25) is 0 Å². The van der Waals surface area contributed by atoms with Gasteiger partial charge in [-0.05, 0) is 54.6 Å². The predicted octanol–water partition coefficient (Wildman–Crippen LogP) is 5.53. The molecule has 0 spiro atoms. The van der Waals surface area contributed by atoms with E-state index in [0.717, 1.165) is 12.5 Å². The Labute approximate surface area is 136 Å². The zero-order valence-electron chi connectivity index (χ0n) is 14.5. The molecule has 1 unspecified atom stereocenters. The lowest BCUT2D eigenvalue weighted by Crippen LogP contribution is -2.37. The van der Waals surface area contributed by atoms with Gasteiger partial charge in [0.15, 0.2) is 0 Å². The monoisotopic (exact) mass is 299 g/mol. The van der Waals surface area contributed by atoms with Crippen LogP contribution in [0.3, 0.4) is 0 Å². The fourth-order valence-electron chi connectivity index (χ4n) is 4.94. The van der Waals surface area contributed by atoms with E-state index >= 15 is 0 Å². The van der Waals surface area contributed by atoms with Crippen molar-refractivity contribution in [2.45, 2.75) is 83.0 Å². The van der Waals surface area contributed by atoms with Crippen molar-refractivity contribution in [1.82, 2.24) is 0 Å². The highest BCUT2D eigenvalue weighted by molar-refractivity contribution is 5.33. The van der Waals surface area contributed by atoms with Crippen LogP contribution in [0.1, 0.15) is 88.7 Å². The lowest BCUT2D eigenvalue weighted by atomic mass is 9.67. The molecule has 0 aliphatic heterocycles. The van der Waals surface area contributed by atoms with Crippen molar-refractivity contribution in [3.05, 3.63) is 35.4 Å². The third-order valence-electron chi connectivity index (χ3n) is 6.38. The summed E-state index contributed by atoms with van der Waals surface area (Å²) in [5, 5.41) is 0. The molecule has 0 aromatic heterocycles. The topological polar surface area (TPSA) is 26.0 Å². The minimum Gasteiger partial charge on any atom is -0.330 e. The highest BCUT2D eigenvalue weighted by Gasteiger charge is 2.34. The van der Waals surface area contributed by atoms with E-state index in [-0.39, 0.29) is 5.41 Å². The van der Waals surface area contributed by atoms with Gasteiger partial charge in [-0.2, -0.15) is 0 Å². The Kier molecular flexibility index (Phi) is 4.64. The standard InChI is InChI=1S/C21H33N/c1-20(2)11-7-9-18(15-20)17-8-6-10-19(14-17)21(16-22)12-4-3-5-13-21/h6,8,10,14,18H,3-5,7,9,11-13,15-16,22H2,1-2H3. The van der Waals surface area contributed by atoms with Gasteiger partial charge < -0.3 is 5.73 Å². The predicted molar refractivity (Wildman–Crippen MR) is 95.2 cm³/mol. The molecular formula is C21H33N. The molecule has 1 aromatic carbocycles. The van der Waals surface area contributed by atoms with Crippen LogP contribution >= 0.6 is 0 Å². The average molecular weight is 300 g/mol. The highest BCUT2D eigenvalue weighted by Crippen LogP contribution is 2.45. The minimum absolute atomic E-state index is 0.262. The fraction of sp³-hybridized carbons (Fsp3) is 0.714. The molecule has 2 saturated carbocycles. The van der Waals surface area contributed by atoms with E-state index in [0.29, 0.717) is 5.41 Å². The van der Waals surface area contributed by atoms with Crippen molar-refractivity contribution < 1.29 is 0 Å². The van der Waals surface area contributed by atoms with E-state index in [2.05, 4.69) is 38.1 Å². The van der Waals surface area contributed by atoms with Gasteiger partial charge in [-0.15, -0.1) is 0 Å². The second-order valence-corrected chi connectivity index (χ2v) is 8.63. The zero-order chi connectivity index (χ0) is 15.6. The number of rotatable bonds is 3.